The van der Waals surface area contributed by atoms with Crippen LogP contribution in [0, 0.1) is 11.8 Å². The number of anilines is 1. The van der Waals surface area contributed by atoms with Crippen molar-refractivity contribution in [1.29, 1.82) is 0 Å². The molecule has 3 rings (SSSR count). The van der Waals surface area contributed by atoms with Gasteiger partial charge in [0, 0.05) is 6.54 Å². The van der Waals surface area contributed by atoms with Gasteiger partial charge in [0.1, 0.15) is 5.75 Å². The van der Waals surface area contributed by atoms with E-state index in [1.807, 2.05) is 24.0 Å². The molecule has 0 aromatic heterocycles. The summed E-state index contributed by atoms with van der Waals surface area (Å²) in [6.45, 7) is 2.93. The Morgan fingerprint density at radius 2 is 1.82 bits per heavy atom. The number of nitrogens with zero attached hydrogens (tertiary/aromatic N) is 2. The van der Waals surface area contributed by atoms with Gasteiger partial charge in [0.25, 0.3) is 0 Å². The number of amides is 3. The first-order chi connectivity index (χ1) is 13.5. The summed E-state index contributed by atoms with van der Waals surface area (Å²) in [5, 5.41) is 2.85. The van der Waals surface area contributed by atoms with Crippen LogP contribution < -0.4 is 10.1 Å². The number of nitrogens with one attached hydrogen (secondary N) is 1. The van der Waals surface area contributed by atoms with Crippen LogP contribution in [0.3, 0.4) is 0 Å². The van der Waals surface area contributed by atoms with Crippen molar-refractivity contribution >= 4 is 23.4 Å². The summed E-state index contributed by atoms with van der Waals surface area (Å²) in [7, 11) is 1.55. The summed E-state index contributed by atoms with van der Waals surface area (Å²) >= 11 is 0. The smallest absolute Gasteiger partial charge is 0.238 e. The summed E-state index contributed by atoms with van der Waals surface area (Å²) in [5.74, 6) is -0.0672. The molecule has 1 aromatic carbocycles. The van der Waals surface area contributed by atoms with E-state index in [1.54, 1.807) is 19.2 Å². The SMILES string of the molecule is CCCN(CC(=O)Nc1ccccc1OC)CN1C(=O)[C@H]2CCCC[C@@H]2C1=O. The molecule has 2 aliphatic rings. The van der Waals surface area contributed by atoms with Crippen molar-refractivity contribution in [3.05, 3.63) is 24.3 Å². The fraction of sp³-hybridized carbons (Fsp3) is 0.571. The second-order valence-electron chi connectivity index (χ2n) is 7.54. The molecule has 28 heavy (non-hydrogen) atoms. The van der Waals surface area contributed by atoms with Gasteiger partial charge in [-0.1, -0.05) is 31.9 Å². The third-order valence-corrected chi connectivity index (χ3v) is 5.56. The Morgan fingerprint density at radius 1 is 1.18 bits per heavy atom. The van der Waals surface area contributed by atoms with Crippen LogP contribution >= 0.6 is 0 Å². The number of imide groups is 1. The fourth-order valence-corrected chi connectivity index (χ4v) is 4.23. The quantitative estimate of drug-likeness (QED) is 0.694. The molecule has 0 unspecified atom stereocenters. The highest BCUT2D eigenvalue weighted by atomic mass is 16.5. The summed E-state index contributed by atoms with van der Waals surface area (Å²) < 4.78 is 5.26. The van der Waals surface area contributed by atoms with Gasteiger partial charge in [0.2, 0.25) is 17.7 Å². The minimum Gasteiger partial charge on any atom is -0.495 e. The van der Waals surface area contributed by atoms with E-state index in [1.165, 1.54) is 4.90 Å². The number of carbonyl (C=O) groups excluding carboxylic acids is 3. The Bertz CT molecular complexity index is 712. The van der Waals surface area contributed by atoms with Crippen LogP contribution in [0.25, 0.3) is 0 Å². The zero-order valence-corrected chi connectivity index (χ0v) is 16.6. The van der Waals surface area contributed by atoms with Crippen molar-refractivity contribution in [2.45, 2.75) is 39.0 Å². The molecule has 1 heterocycles. The predicted molar refractivity (Wildman–Crippen MR) is 106 cm³/mol. The number of benzene rings is 1. The molecule has 0 bridgehead atoms. The lowest BCUT2D eigenvalue weighted by molar-refractivity contribution is -0.143. The molecule has 152 valence electrons. The van der Waals surface area contributed by atoms with E-state index < -0.39 is 0 Å². The number of ether oxygens (including phenoxy) is 1. The maximum absolute atomic E-state index is 12.7. The molecule has 7 heteroatoms. The Labute approximate surface area is 166 Å². The van der Waals surface area contributed by atoms with Crippen molar-refractivity contribution in [2.75, 3.05) is 32.2 Å². The van der Waals surface area contributed by atoms with Crippen LogP contribution in [0.2, 0.25) is 0 Å². The van der Waals surface area contributed by atoms with Crippen LogP contribution in [0.1, 0.15) is 39.0 Å². The van der Waals surface area contributed by atoms with Crippen molar-refractivity contribution in [2.24, 2.45) is 11.8 Å². The summed E-state index contributed by atoms with van der Waals surface area (Å²) in [4.78, 5) is 41.2. The van der Waals surface area contributed by atoms with Gasteiger partial charge >= 0.3 is 0 Å². The molecule has 1 saturated carbocycles. The minimum atomic E-state index is -0.200. The van der Waals surface area contributed by atoms with Gasteiger partial charge in [-0.15, -0.1) is 0 Å². The number of fused-ring (bicyclic) bond motifs is 1. The second-order valence-corrected chi connectivity index (χ2v) is 7.54. The maximum atomic E-state index is 12.7. The molecule has 3 amide bonds. The number of rotatable bonds is 8. The Balaban J connectivity index is 1.64. The maximum Gasteiger partial charge on any atom is 0.238 e. The summed E-state index contributed by atoms with van der Waals surface area (Å²) in [6, 6.07) is 7.22. The van der Waals surface area contributed by atoms with Gasteiger partial charge in [-0.25, -0.2) is 0 Å². The number of methoxy groups -OCH3 is 1. The monoisotopic (exact) mass is 387 g/mol. The highest BCUT2D eigenvalue weighted by Crippen LogP contribution is 2.38. The van der Waals surface area contributed by atoms with Gasteiger partial charge in [-0.2, -0.15) is 0 Å². The number of likely N-dealkylation sites (tertiary alicyclic amines) is 1. The topological polar surface area (TPSA) is 79.0 Å². The average molecular weight is 387 g/mol. The van der Waals surface area contributed by atoms with E-state index in [0.717, 1.165) is 32.1 Å². The lowest BCUT2D eigenvalue weighted by Crippen LogP contribution is -2.45. The third-order valence-electron chi connectivity index (χ3n) is 5.56. The van der Waals surface area contributed by atoms with Crippen LogP contribution in [-0.4, -0.2) is 54.4 Å². The number of para-hydroxylation sites is 2. The largest absolute Gasteiger partial charge is 0.495 e. The van der Waals surface area contributed by atoms with Crippen LogP contribution in [0.5, 0.6) is 5.75 Å². The van der Waals surface area contributed by atoms with E-state index in [4.69, 9.17) is 4.74 Å². The fourth-order valence-electron chi connectivity index (χ4n) is 4.23. The van der Waals surface area contributed by atoms with Crippen LogP contribution in [-0.2, 0) is 14.4 Å². The summed E-state index contributed by atoms with van der Waals surface area (Å²) in [5.41, 5.74) is 0.603. The first kappa shape index (κ1) is 20.3. The van der Waals surface area contributed by atoms with E-state index in [-0.39, 0.29) is 42.8 Å². The molecule has 1 N–H and O–H groups in total. The molecule has 7 nitrogen and oxygen atoms in total. The molecule has 1 aliphatic carbocycles. The second kappa shape index (κ2) is 9.19. The van der Waals surface area contributed by atoms with Crippen LogP contribution in [0.4, 0.5) is 5.69 Å². The predicted octanol–water partition coefficient (Wildman–Crippen LogP) is 2.48. The molecule has 2 fully saturated rings. The Hall–Kier alpha value is -2.41. The van der Waals surface area contributed by atoms with Crippen LogP contribution in [0.15, 0.2) is 24.3 Å². The van der Waals surface area contributed by atoms with Crippen molar-refractivity contribution in [1.82, 2.24) is 9.80 Å². The number of hydrogen-bond donors (Lipinski definition) is 1. The van der Waals surface area contributed by atoms with Crippen molar-refractivity contribution < 1.29 is 19.1 Å². The van der Waals surface area contributed by atoms with Gasteiger partial charge in [0.15, 0.2) is 0 Å². The van der Waals surface area contributed by atoms with Gasteiger partial charge < -0.3 is 10.1 Å². The third kappa shape index (κ3) is 4.35. The Morgan fingerprint density at radius 3 is 2.43 bits per heavy atom. The average Bonchev–Trinajstić information content (AvgIpc) is 2.94. The zero-order chi connectivity index (χ0) is 20.1. The van der Waals surface area contributed by atoms with E-state index in [0.29, 0.717) is 18.0 Å². The van der Waals surface area contributed by atoms with E-state index in [2.05, 4.69) is 5.32 Å². The molecule has 1 aliphatic heterocycles. The molecule has 0 spiro atoms. The van der Waals surface area contributed by atoms with Crippen molar-refractivity contribution in [3.8, 4) is 5.75 Å². The standard InChI is InChI=1S/C21H29N3O4/c1-3-12-23(13-19(25)22-17-10-6-7-11-18(17)28-2)14-24-20(26)15-8-4-5-9-16(15)21(24)27/h6-7,10-11,15-16H,3-5,8-9,12-14H2,1-2H3,(H,22,25)/t15-,16-/m0/s1. The number of carbonyl (C=O) groups is 3. The zero-order valence-electron chi connectivity index (χ0n) is 16.6. The molecular formula is C21H29N3O4. The minimum absolute atomic E-state index is 0.0686. The molecule has 2 atom stereocenters. The molecule has 0 radical (unpaired) electrons. The lowest BCUT2D eigenvalue weighted by atomic mass is 9.81. The lowest BCUT2D eigenvalue weighted by Gasteiger charge is -2.26. The van der Waals surface area contributed by atoms with E-state index in [9.17, 15) is 14.4 Å². The first-order valence-electron chi connectivity index (χ1n) is 10.1. The van der Waals surface area contributed by atoms with Crippen molar-refractivity contribution in [3.63, 3.8) is 0 Å². The molecular weight excluding hydrogens is 358 g/mol. The summed E-state index contributed by atoms with van der Waals surface area (Å²) in [6.07, 6.45) is 4.44. The van der Waals surface area contributed by atoms with Gasteiger partial charge in [0.05, 0.1) is 37.8 Å². The molecule has 1 saturated heterocycles. The molecule has 1 aromatic rings. The van der Waals surface area contributed by atoms with Gasteiger partial charge in [-0.05, 0) is 31.4 Å². The van der Waals surface area contributed by atoms with E-state index >= 15 is 0 Å². The van der Waals surface area contributed by atoms with Gasteiger partial charge in [-0.3, -0.25) is 24.2 Å². The number of hydrogen-bond acceptors (Lipinski definition) is 5. The Kier molecular flexibility index (Phi) is 6.67. The normalized spacial score (nSPS) is 21.8. The first-order valence-corrected chi connectivity index (χ1v) is 10.1. The highest BCUT2D eigenvalue weighted by molar-refractivity contribution is 6.05. The highest BCUT2D eigenvalue weighted by Gasteiger charge is 2.48.